The van der Waals surface area contributed by atoms with E-state index in [0.29, 0.717) is 16.7 Å². The van der Waals surface area contributed by atoms with Crippen molar-refractivity contribution in [2.75, 3.05) is 12.4 Å². The van der Waals surface area contributed by atoms with E-state index in [1.807, 2.05) is 6.07 Å². The van der Waals surface area contributed by atoms with Gasteiger partial charge < -0.3 is 19.6 Å². The summed E-state index contributed by atoms with van der Waals surface area (Å²) in [6.07, 6.45) is 1.49. The van der Waals surface area contributed by atoms with Crippen molar-refractivity contribution < 1.29 is 23.9 Å². The van der Waals surface area contributed by atoms with Gasteiger partial charge in [0.05, 0.1) is 12.7 Å². The van der Waals surface area contributed by atoms with Gasteiger partial charge in [-0.2, -0.15) is 0 Å². The lowest BCUT2D eigenvalue weighted by Crippen LogP contribution is -2.28. The summed E-state index contributed by atoms with van der Waals surface area (Å²) in [5.41, 5.74) is 1.25. The quantitative estimate of drug-likeness (QED) is 0.519. The zero-order valence-corrected chi connectivity index (χ0v) is 17.4. The highest BCUT2D eigenvalue weighted by atomic mass is 16.6. The van der Waals surface area contributed by atoms with Gasteiger partial charge >= 0.3 is 5.97 Å². The monoisotopic (exact) mass is 425 g/mol. The first-order chi connectivity index (χ1) is 14.9. The molecule has 2 aromatic heterocycles. The van der Waals surface area contributed by atoms with E-state index in [1.165, 1.54) is 26.7 Å². The Morgan fingerprint density at radius 1 is 1.10 bits per heavy atom. The summed E-state index contributed by atoms with van der Waals surface area (Å²) < 4.78 is 12.5. The Bertz CT molecular complexity index is 1080. The fourth-order valence-corrected chi connectivity index (χ4v) is 3.03. The number of benzene rings is 1. The number of ether oxygens (including phenoxy) is 2. The minimum atomic E-state index is -0.723. The molecule has 0 saturated heterocycles. The van der Waals surface area contributed by atoms with Crippen LogP contribution in [-0.2, 0) is 19.1 Å². The van der Waals surface area contributed by atoms with Crippen LogP contribution in [0.15, 0.2) is 43.0 Å². The first kappa shape index (κ1) is 22.0. The smallest absolute Gasteiger partial charge is 0.306 e. The van der Waals surface area contributed by atoms with Crippen molar-refractivity contribution in [1.82, 2.24) is 19.5 Å². The number of esters is 1. The Hall–Kier alpha value is -3.66. The zero-order chi connectivity index (χ0) is 22.4. The predicted octanol–water partition coefficient (Wildman–Crippen LogP) is 2.52. The zero-order valence-electron chi connectivity index (χ0n) is 17.4. The summed E-state index contributed by atoms with van der Waals surface area (Å²) >= 11 is 0. The highest BCUT2D eigenvalue weighted by Crippen LogP contribution is 2.24. The van der Waals surface area contributed by atoms with Gasteiger partial charge in [-0.25, -0.2) is 15.0 Å². The molecule has 0 aliphatic rings. The molecular formula is C21H23N5O5. The number of aromatic nitrogens is 4. The van der Waals surface area contributed by atoms with E-state index >= 15 is 0 Å². The van der Waals surface area contributed by atoms with Gasteiger partial charge in [0, 0.05) is 19.1 Å². The number of nitrogens with zero attached hydrogens (tertiary/aromatic N) is 4. The van der Waals surface area contributed by atoms with Crippen molar-refractivity contribution in [1.29, 1.82) is 0 Å². The third-order valence-corrected chi connectivity index (χ3v) is 4.54. The maximum Gasteiger partial charge on any atom is 0.306 e. The predicted molar refractivity (Wildman–Crippen MR) is 111 cm³/mol. The third kappa shape index (κ3) is 5.28. The fourth-order valence-electron chi connectivity index (χ4n) is 3.03. The number of Topliss-reactive ketones (excluding diaryl/α,β-unsaturated/α-hetero) is 1. The number of carbonyl (C=O) groups excluding carboxylic acids is 3. The van der Waals surface area contributed by atoms with Crippen LogP contribution < -0.4 is 5.32 Å². The van der Waals surface area contributed by atoms with Crippen LogP contribution in [0.3, 0.4) is 0 Å². The normalized spacial score (nSPS) is 12.9. The molecule has 0 saturated carbocycles. The van der Waals surface area contributed by atoms with E-state index < -0.39 is 18.3 Å². The molecular weight excluding hydrogens is 402 g/mol. The molecule has 31 heavy (non-hydrogen) atoms. The molecule has 10 nitrogen and oxygen atoms in total. The Morgan fingerprint density at radius 2 is 1.84 bits per heavy atom. The van der Waals surface area contributed by atoms with Crippen molar-refractivity contribution in [2.45, 2.75) is 39.0 Å². The van der Waals surface area contributed by atoms with Gasteiger partial charge in [0.2, 0.25) is 0 Å². The van der Waals surface area contributed by atoms with Crippen molar-refractivity contribution in [3.8, 4) is 0 Å². The molecule has 1 unspecified atom stereocenters. The highest BCUT2D eigenvalue weighted by molar-refractivity contribution is 6.06. The van der Waals surface area contributed by atoms with E-state index in [4.69, 9.17) is 9.47 Å². The molecule has 10 heteroatoms. The first-order valence-electron chi connectivity index (χ1n) is 9.66. The molecule has 2 heterocycles. The second-order valence-corrected chi connectivity index (χ2v) is 6.89. The molecule has 0 radical (unpaired) electrons. The number of methoxy groups -OCH3 is 1. The minimum absolute atomic E-state index is 0.00137. The number of fused-ring (bicyclic) bond motifs is 1. The van der Waals surface area contributed by atoms with Crippen molar-refractivity contribution in [2.24, 2.45) is 0 Å². The van der Waals surface area contributed by atoms with Crippen LogP contribution in [0.5, 0.6) is 0 Å². The molecule has 3 rings (SSSR count). The van der Waals surface area contributed by atoms with Gasteiger partial charge in [0.25, 0.3) is 5.91 Å². The second-order valence-electron chi connectivity index (χ2n) is 6.89. The van der Waals surface area contributed by atoms with E-state index in [9.17, 15) is 14.4 Å². The molecule has 0 spiro atoms. The van der Waals surface area contributed by atoms with Crippen LogP contribution in [0, 0.1) is 0 Å². The lowest BCUT2D eigenvalue weighted by molar-refractivity contribution is -0.160. The van der Waals surface area contributed by atoms with E-state index in [0.717, 1.165) is 0 Å². The molecule has 1 amide bonds. The second kappa shape index (κ2) is 9.90. The fraction of sp³-hybridized carbons (Fsp3) is 0.333. The van der Waals surface area contributed by atoms with Crippen molar-refractivity contribution in [3.05, 3.63) is 48.5 Å². The highest BCUT2D eigenvalue weighted by Gasteiger charge is 2.26. The SMILES string of the molecule is CO[C@H](C(C)OC(=O)CCC(C)=O)n1cnc2c(NC(=O)c3ccccc3)ncnc21. The van der Waals surface area contributed by atoms with Gasteiger partial charge in [-0.15, -0.1) is 0 Å². The number of ketones is 1. The first-order valence-corrected chi connectivity index (χ1v) is 9.66. The average molecular weight is 425 g/mol. The number of hydrogen-bond acceptors (Lipinski definition) is 8. The average Bonchev–Trinajstić information content (AvgIpc) is 3.18. The summed E-state index contributed by atoms with van der Waals surface area (Å²) in [6, 6.07) is 8.73. The Kier molecular flexibility index (Phi) is 7.03. The Labute approximate surface area is 178 Å². The van der Waals surface area contributed by atoms with Gasteiger partial charge in [0.1, 0.15) is 18.2 Å². The lowest BCUT2D eigenvalue weighted by Gasteiger charge is -2.24. The molecule has 0 aliphatic carbocycles. The molecule has 162 valence electrons. The number of amides is 1. The number of imidazole rings is 1. The Morgan fingerprint density at radius 3 is 2.52 bits per heavy atom. The van der Waals surface area contributed by atoms with E-state index in [-0.39, 0.29) is 30.3 Å². The van der Waals surface area contributed by atoms with Crippen LogP contribution >= 0.6 is 0 Å². The molecule has 1 aromatic carbocycles. The van der Waals surface area contributed by atoms with E-state index in [1.54, 1.807) is 35.8 Å². The van der Waals surface area contributed by atoms with Crippen LogP contribution in [0.2, 0.25) is 0 Å². The topological polar surface area (TPSA) is 125 Å². The standard InChI is InChI=1S/C21H23N5O5/c1-13(27)9-10-16(28)31-14(2)21(30-3)26-12-24-17-18(22-11-23-19(17)26)25-20(29)15-7-5-4-6-8-15/h4-8,11-12,14,21H,9-10H2,1-3H3,(H,22,23,25,29)/t14?,21-/m1/s1. The number of hydrogen-bond donors (Lipinski definition) is 1. The van der Waals surface area contributed by atoms with Gasteiger partial charge in [-0.3, -0.25) is 14.2 Å². The van der Waals surface area contributed by atoms with Gasteiger partial charge in [-0.05, 0) is 26.0 Å². The summed E-state index contributed by atoms with van der Waals surface area (Å²) in [7, 11) is 1.47. The van der Waals surface area contributed by atoms with Crippen LogP contribution in [-0.4, -0.2) is 50.4 Å². The largest absolute Gasteiger partial charge is 0.458 e. The maximum atomic E-state index is 12.5. The molecule has 0 bridgehead atoms. The number of anilines is 1. The minimum Gasteiger partial charge on any atom is -0.458 e. The van der Waals surface area contributed by atoms with Crippen LogP contribution in [0.1, 0.15) is 43.3 Å². The number of carbonyl (C=O) groups is 3. The lowest BCUT2D eigenvalue weighted by atomic mass is 10.2. The maximum absolute atomic E-state index is 12.5. The summed E-state index contributed by atoms with van der Waals surface area (Å²) in [6.45, 7) is 3.09. The number of nitrogens with one attached hydrogen (secondary N) is 1. The molecule has 3 aromatic rings. The van der Waals surface area contributed by atoms with Crippen LogP contribution in [0.4, 0.5) is 5.82 Å². The molecule has 2 atom stereocenters. The summed E-state index contributed by atoms with van der Waals surface area (Å²) in [5, 5.41) is 2.74. The van der Waals surface area contributed by atoms with Gasteiger partial charge in [0.15, 0.2) is 23.2 Å². The molecule has 0 fully saturated rings. The van der Waals surface area contributed by atoms with Crippen molar-refractivity contribution >= 4 is 34.6 Å². The molecule has 1 N–H and O–H groups in total. The van der Waals surface area contributed by atoms with Crippen LogP contribution in [0.25, 0.3) is 11.2 Å². The third-order valence-electron chi connectivity index (χ3n) is 4.54. The molecule has 0 aliphatic heterocycles. The summed E-state index contributed by atoms with van der Waals surface area (Å²) in [5.74, 6) is -0.667. The van der Waals surface area contributed by atoms with Gasteiger partial charge in [-0.1, -0.05) is 18.2 Å². The number of rotatable bonds is 9. The van der Waals surface area contributed by atoms with E-state index in [2.05, 4.69) is 20.3 Å². The summed E-state index contributed by atoms with van der Waals surface area (Å²) in [4.78, 5) is 48.2. The Balaban J connectivity index is 1.81. The van der Waals surface area contributed by atoms with Crippen molar-refractivity contribution in [3.63, 3.8) is 0 Å².